The highest BCUT2D eigenvalue weighted by Crippen LogP contribution is 2.34. The third-order valence-electron chi connectivity index (χ3n) is 4.32. The van der Waals surface area contributed by atoms with Gasteiger partial charge in [-0.15, -0.1) is 0 Å². The van der Waals surface area contributed by atoms with Crippen LogP contribution in [0.4, 0.5) is 10.5 Å². The van der Waals surface area contributed by atoms with Crippen LogP contribution >= 0.6 is 47.2 Å². The smallest absolute Gasteiger partial charge is 0.343 e. The van der Waals surface area contributed by atoms with E-state index in [2.05, 4.69) is 15.5 Å². The zero-order valence-electron chi connectivity index (χ0n) is 18.4. The highest BCUT2D eigenvalue weighted by Gasteiger charge is 2.33. The Kier molecular flexibility index (Phi) is 9.21. The topological polar surface area (TPSA) is 106 Å². The molecule has 0 bridgehead atoms. The first kappa shape index (κ1) is 26.6. The number of hydrazine groups is 1. The summed E-state index contributed by atoms with van der Waals surface area (Å²) in [4.78, 5) is 36.9. The maximum atomic E-state index is 12.9. The van der Waals surface area contributed by atoms with Crippen molar-refractivity contribution in [2.24, 2.45) is 0 Å². The minimum absolute atomic E-state index is 0.147. The lowest BCUT2D eigenvalue weighted by atomic mass is 10.2. The molecule has 1 fully saturated rings. The van der Waals surface area contributed by atoms with Crippen molar-refractivity contribution in [3.8, 4) is 11.5 Å². The molecular weight excluding hydrogens is 537 g/mol. The van der Waals surface area contributed by atoms with Crippen LogP contribution in [0.25, 0.3) is 6.08 Å². The minimum Gasteiger partial charge on any atom is -0.490 e. The fraction of sp³-hybridized carbons (Fsp3) is 0.182. The van der Waals surface area contributed by atoms with Crippen molar-refractivity contribution in [1.82, 2.24) is 10.4 Å². The predicted molar refractivity (Wildman–Crippen MR) is 139 cm³/mol. The van der Waals surface area contributed by atoms with E-state index in [1.165, 1.54) is 19.2 Å². The van der Waals surface area contributed by atoms with Gasteiger partial charge in [0.15, 0.2) is 22.4 Å². The number of methoxy groups -OCH3 is 1. The van der Waals surface area contributed by atoms with Gasteiger partial charge in [-0.2, -0.15) is 5.01 Å². The van der Waals surface area contributed by atoms with Crippen molar-refractivity contribution >= 4 is 81.2 Å². The number of ether oxygens (including phenoxy) is 3. The van der Waals surface area contributed by atoms with E-state index in [0.29, 0.717) is 34.4 Å². The van der Waals surface area contributed by atoms with E-state index >= 15 is 0 Å². The predicted octanol–water partition coefficient (Wildman–Crippen LogP) is 4.88. The second-order valence-electron chi connectivity index (χ2n) is 6.72. The number of benzene rings is 2. The number of carbonyl (C=O) groups is 3. The number of rotatable bonds is 8. The second kappa shape index (κ2) is 12.1. The number of esters is 1. The van der Waals surface area contributed by atoms with Crippen LogP contribution in [-0.2, 0) is 14.3 Å². The summed E-state index contributed by atoms with van der Waals surface area (Å²) in [6.07, 6.45) is 1.60. The first-order valence-corrected chi connectivity index (χ1v) is 12.0. The Morgan fingerprint density at radius 3 is 2.57 bits per heavy atom. The summed E-state index contributed by atoms with van der Waals surface area (Å²) in [5.74, 6) is -0.300. The molecule has 184 valence electrons. The van der Waals surface area contributed by atoms with Crippen LogP contribution < -0.4 is 20.2 Å². The first-order chi connectivity index (χ1) is 16.7. The molecule has 1 saturated heterocycles. The minimum atomic E-state index is -0.688. The SMILES string of the molecule is CCOc1cc(/C=C2/SC(=S)N(NC(=O)Nc3ccc(Cl)c(Cl)c3)C2=O)ccc1OCC(=O)OC. The zero-order chi connectivity index (χ0) is 25.5. The number of carbonyl (C=O) groups excluding carboxylic acids is 3. The van der Waals surface area contributed by atoms with Crippen molar-refractivity contribution in [3.05, 3.63) is 56.9 Å². The highest BCUT2D eigenvalue weighted by molar-refractivity contribution is 8.26. The van der Waals surface area contributed by atoms with Crippen molar-refractivity contribution in [1.29, 1.82) is 0 Å². The summed E-state index contributed by atoms with van der Waals surface area (Å²) < 4.78 is 15.7. The second-order valence-corrected chi connectivity index (χ2v) is 9.21. The molecule has 1 aliphatic rings. The standard InChI is InChI=1S/C22H19Cl2N3O6S2/c1-3-32-17-8-12(4-7-16(17)33-11-19(28)31-2)9-18-20(29)27(22(34)35-18)26-21(30)25-13-5-6-14(23)15(24)10-13/h4-10H,3,11H2,1-2H3,(H2,25,26,30)/b18-9+. The molecule has 0 spiro atoms. The molecule has 2 aromatic rings. The van der Waals surface area contributed by atoms with Crippen LogP contribution in [0.15, 0.2) is 41.3 Å². The zero-order valence-corrected chi connectivity index (χ0v) is 21.6. The number of hydrogen-bond acceptors (Lipinski definition) is 8. The van der Waals surface area contributed by atoms with Crippen molar-refractivity contribution < 1.29 is 28.6 Å². The summed E-state index contributed by atoms with van der Waals surface area (Å²) in [5.41, 5.74) is 3.43. The average Bonchev–Trinajstić information content (AvgIpc) is 3.08. The number of nitrogens with zero attached hydrogens (tertiary/aromatic N) is 1. The van der Waals surface area contributed by atoms with Crippen LogP contribution in [0, 0.1) is 0 Å². The van der Waals surface area contributed by atoms with Gasteiger partial charge in [-0.05, 0) is 61.1 Å². The average molecular weight is 556 g/mol. The van der Waals surface area contributed by atoms with Crippen LogP contribution in [0.1, 0.15) is 12.5 Å². The van der Waals surface area contributed by atoms with Gasteiger partial charge in [0.05, 0.1) is 28.7 Å². The summed E-state index contributed by atoms with van der Waals surface area (Å²) >= 11 is 18.1. The Labute approximate surface area is 220 Å². The molecule has 0 atom stereocenters. The Bertz CT molecular complexity index is 1210. The number of anilines is 1. The van der Waals surface area contributed by atoms with E-state index in [1.54, 1.807) is 37.3 Å². The molecule has 3 rings (SSSR count). The Morgan fingerprint density at radius 2 is 1.89 bits per heavy atom. The van der Waals surface area contributed by atoms with Crippen LogP contribution in [0.2, 0.25) is 10.0 Å². The largest absolute Gasteiger partial charge is 0.490 e. The van der Waals surface area contributed by atoms with E-state index in [0.717, 1.165) is 16.8 Å². The van der Waals surface area contributed by atoms with Gasteiger partial charge in [0.25, 0.3) is 5.91 Å². The Morgan fingerprint density at radius 1 is 1.11 bits per heavy atom. The van der Waals surface area contributed by atoms with Gasteiger partial charge >= 0.3 is 12.0 Å². The van der Waals surface area contributed by atoms with Gasteiger partial charge in [0.2, 0.25) is 0 Å². The maximum Gasteiger partial charge on any atom is 0.343 e. The van der Waals surface area contributed by atoms with Crippen LogP contribution in [0.5, 0.6) is 11.5 Å². The quantitative estimate of drug-likeness (QED) is 0.269. The molecular formula is C22H19Cl2N3O6S2. The number of thioether (sulfide) groups is 1. The van der Waals surface area contributed by atoms with Crippen LogP contribution in [0.3, 0.4) is 0 Å². The van der Waals surface area contributed by atoms with Crippen molar-refractivity contribution in [2.45, 2.75) is 6.92 Å². The molecule has 0 radical (unpaired) electrons. The molecule has 0 aliphatic carbocycles. The Hall–Kier alpha value is -2.99. The number of halogens is 2. The van der Waals surface area contributed by atoms with E-state index in [-0.39, 0.29) is 20.9 Å². The van der Waals surface area contributed by atoms with Gasteiger partial charge in [0.1, 0.15) is 0 Å². The molecule has 2 N–H and O–H groups in total. The molecule has 35 heavy (non-hydrogen) atoms. The molecule has 0 unspecified atom stereocenters. The molecule has 2 aromatic carbocycles. The molecule has 1 heterocycles. The van der Waals surface area contributed by atoms with E-state index < -0.39 is 17.9 Å². The fourth-order valence-electron chi connectivity index (χ4n) is 2.75. The maximum absolute atomic E-state index is 12.9. The van der Waals surface area contributed by atoms with E-state index in [9.17, 15) is 14.4 Å². The summed E-state index contributed by atoms with van der Waals surface area (Å²) in [7, 11) is 1.26. The number of hydrogen-bond donors (Lipinski definition) is 2. The number of thiocarbonyl (C=S) groups is 1. The lowest BCUT2D eigenvalue weighted by Gasteiger charge is -2.16. The monoisotopic (exact) mass is 555 g/mol. The summed E-state index contributed by atoms with van der Waals surface area (Å²) in [5, 5.41) is 4.14. The molecule has 0 saturated carbocycles. The third-order valence-corrected chi connectivity index (χ3v) is 6.36. The highest BCUT2D eigenvalue weighted by atomic mass is 35.5. The third kappa shape index (κ3) is 7.01. The van der Waals surface area contributed by atoms with E-state index in [4.69, 9.17) is 44.9 Å². The van der Waals surface area contributed by atoms with Gasteiger partial charge in [-0.1, -0.05) is 41.0 Å². The molecule has 0 aromatic heterocycles. The number of amides is 3. The van der Waals surface area contributed by atoms with Gasteiger partial charge in [0, 0.05) is 5.69 Å². The number of urea groups is 1. The molecule has 1 aliphatic heterocycles. The number of nitrogens with one attached hydrogen (secondary N) is 2. The van der Waals surface area contributed by atoms with Crippen molar-refractivity contribution in [2.75, 3.05) is 25.6 Å². The molecule has 13 heteroatoms. The first-order valence-electron chi connectivity index (χ1n) is 9.99. The van der Waals surface area contributed by atoms with Crippen molar-refractivity contribution in [3.63, 3.8) is 0 Å². The molecule has 3 amide bonds. The summed E-state index contributed by atoms with van der Waals surface area (Å²) in [6.45, 7) is 1.89. The van der Waals surface area contributed by atoms with Gasteiger partial charge in [-0.3, -0.25) is 4.79 Å². The lowest BCUT2D eigenvalue weighted by molar-refractivity contribution is -0.142. The lowest BCUT2D eigenvalue weighted by Crippen LogP contribution is -2.46. The fourth-order valence-corrected chi connectivity index (χ4v) is 4.23. The van der Waals surface area contributed by atoms with Gasteiger partial charge in [-0.25, -0.2) is 15.0 Å². The van der Waals surface area contributed by atoms with E-state index in [1.807, 2.05) is 0 Å². The van der Waals surface area contributed by atoms with Crippen LogP contribution in [-0.4, -0.2) is 47.6 Å². The summed E-state index contributed by atoms with van der Waals surface area (Å²) in [6, 6.07) is 8.84. The Balaban J connectivity index is 1.71. The normalized spacial score (nSPS) is 14.2. The molecule has 9 nitrogen and oxygen atoms in total. The van der Waals surface area contributed by atoms with Gasteiger partial charge < -0.3 is 19.5 Å².